The number of benzene rings is 1. The summed E-state index contributed by atoms with van der Waals surface area (Å²) in [4.78, 5) is 2.45. The molecular formula is C15H23ClN2O. The van der Waals surface area contributed by atoms with E-state index in [1.807, 2.05) is 18.2 Å². The molecule has 1 aliphatic rings. The van der Waals surface area contributed by atoms with Gasteiger partial charge in [0.1, 0.15) is 5.75 Å². The summed E-state index contributed by atoms with van der Waals surface area (Å²) in [5, 5.41) is 0.755. The molecule has 0 aliphatic carbocycles. The number of rotatable bonds is 4. The lowest BCUT2D eigenvalue weighted by atomic mass is 9.92. The van der Waals surface area contributed by atoms with Crippen molar-refractivity contribution in [2.45, 2.75) is 32.4 Å². The van der Waals surface area contributed by atoms with Gasteiger partial charge in [0.15, 0.2) is 0 Å². The van der Waals surface area contributed by atoms with E-state index >= 15 is 0 Å². The molecule has 2 N–H and O–H groups in total. The maximum Gasteiger partial charge on any atom is 0.123 e. The first-order valence-corrected chi connectivity index (χ1v) is 7.28. The third kappa shape index (κ3) is 3.62. The van der Waals surface area contributed by atoms with Crippen LogP contribution in [0.4, 0.5) is 0 Å². The van der Waals surface area contributed by atoms with E-state index in [9.17, 15) is 0 Å². The molecule has 2 atom stereocenters. The average Bonchev–Trinajstić information content (AvgIpc) is 2.41. The van der Waals surface area contributed by atoms with Gasteiger partial charge in [0, 0.05) is 29.7 Å². The summed E-state index contributed by atoms with van der Waals surface area (Å²) < 4.78 is 5.42. The van der Waals surface area contributed by atoms with Crippen LogP contribution >= 0.6 is 11.6 Å². The summed E-state index contributed by atoms with van der Waals surface area (Å²) in [5.74, 6) is 1.67. The second-order valence-corrected chi connectivity index (χ2v) is 5.88. The van der Waals surface area contributed by atoms with Crippen molar-refractivity contribution in [1.82, 2.24) is 4.90 Å². The van der Waals surface area contributed by atoms with Gasteiger partial charge in [-0.2, -0.15) is 0 Å². The highest BCUT2D eigenvalue weighted by atomic mass is 35.5. The molecular weight excluding hydrogens is 260 g/mol. The van der Waals surface area contributed by atoms with E-state index in [1.165, 1.54) is 12.8 Å². The fraction of sp³-hybridized carbons (Fsp3) is 0.600. The van der Waals surface area contributed by atoms with Crippen molar-refractivity contribution in [2.75, 3.05) is 20.2 Å². The van der Waals surface area contributed by atoms with Crippen LogP contribution in [0.15, 0.2) is 18.2 Å². The lowest BCUT2D eigenvalue weighted by Crippen LogP contribution is -2.45. The Hall–Kier alpha value is -0.770. The average molecular weight is 283 g/mol. The highest BCUT2D eigenvalue weighted by Crippen LogP contribution is 2.28. The Kier molecular flexibility index (Phi) is 5.08. The van der Waals surface area contributed by atoms with E-state index in [2.05, 4.69) is 11.8 Å². The van der Waals surface area contributed by atoms with Gasteiger partial charge in [0.25, 0.3) is 0 Å². The monoisotopic (exact) mass is 282 g/mol. The third-order valence-electron chi connectivity index (χ3n) is 3.99. The Balaban J connectivity index is 2.13. The van der Waals surface area contributed by atoms with Gasteiger partial charge in [-0.25, -0.2) is 0 Å². The molecule has 1 heterocycles. The van der Waals surface area contributed by atoms with Crippen LogP contribution in [0.5, 0.6) is 5.75 Å². The topological polar surface area (TPSA) is 38.5 Å². The van der Waals surface area contributed by atoms with Crippen LogP contribution in [0, 0.1) is 5.92 Å². The van der Waals surface area contributed by atoms with E-state index in [0.29, 0.717) is 12.6 Å². The molecule has 0 aromatic heterocycles. The van der Waals surface area contributed by atoms with Gasteiger partial charge in [0.2, 0.25) is 0 Å². The minimum atomic E-state index is 0.465. The zero-order valence-corrected chi connectivity index (χ0v) is 12.5. The number of nitrogens with zero attached hydrogens (tertiary/aromatic N) is 1. The maximum atomic E-state index is 6.09. The minimum Gasteiger partial charge on any atom is -0.496 e. The zero-order valence-electron chi connectivity index (χ0n) is 11.7. The standard InChI is InChI=1S/C15H23ClN2O/c1-11-5-6-18(14(7-11)9-17)10-12-8-13(16)3-4-15(12)19-2/h3-4,8,11,14H,5-7,9-10,17H2,1-2H3. The fourth-order valence-electron chi connectivity index (χ4n) is 2.84. The third-order valence-corrected chi connectivity index (χ3v) is 4.22. The van der Waals surface area contributed by atoms with Gasteiger partial charge in [0.05, 0.1) is 7.11 Å². The van der Waals surface area contributed by atoms with E-state index in [0.717, 1.165) is 35.3 Å². The van der Waals surface area contributed by atoms with Gasteiger partial charge in [-0.05, 0) is 43.5 Å². The van der Waals surface area contributed by atoms with Crippen molar-refractivity contribution < 1.29 is 4.74 Å². The fourth-order valence-corrected chi connectivity index (χ4v) is 3.04. The summed E-state index contributed by atoms with van der Waals surface area (Å²) >= 11 is 6.09. The molecule has 0 saturated carbocycles. The van der Waals surface area contributed by atoms with Crippen LogP contribution in [0.25, 0.3) is 0 Å². The second-order valence-electron chi connectivity index (χ2n) is 5.45. The van der Waals surface area contributed by atoms with Crippen LogP contribution in [0.3, 0.4) is 0 Å². The predicted octanol–water partition coefficient (Wildman–Crippen LogP) is 2.91. The Labute approximate surface area is 120 Å². The van der Waals surface area contributed by atoms with Gasteiger partial charge in [-0.1, -0.05) is 18.5 Å². The molecule has 3 nitrogen and oxygen atoms in total. The quantitative estimate of drug-likeness (QED) is 0.923. The van der Waals surface area contributed by atoms with Crippen molar-refractivity contribution in [3.05, 3.63) is 28.8 Å². The van der Waals surface area contributed by atoms with Crippen molar-refractivity contribution in [2.24, 2.45) is 11.7 Å². The summed E-state index contributed by atoms with van der Waals surface area (Å²) in [5.41, 5.74) is 7.05. The Morgan fingerprint density at radius 3 is 2.95 bits per heavy atom. The highest BCUT2D eigenvalue weighted by Gasteiger charge is 2.25. The minimum absolute atomic E-state index is 0.465. The van der Waals surface area contributed by atoms with Crippen LogP contribution < -0.4 is 10.5 Å². The first-order valence-electron chi connectivity index (χ1n) is 6.90. The summed E-state index contributed by atoms with van der Waals surface area (Å²) in [6.07, 6.45) is 2.42. The zero-order chi connectivity index (χ0) is 13.8. The van der Waals surface area contributed by atoms with Gasteiger partial charge in [-0.3, -0.25) is 4.90 Å². The highest BCUT2D eigenvalue weighted by molar-refractivity contribution is 6.30. The molecule has 0 amide bonds. The van der Waals surface area contributed by atoms with Crippen molar-refractivity contribution in [1.29, 1.82) is 0 Å². The molecule has 1 fully saturated rings. The van der Waals surface area contributed by atoms with Crippen molar-refractivity contribution in [3.63, 3.8) is 0 Å². The number of hydrogen-bond acceptors (Lipinski definition) is 3. The lowest BCUT2D eigenvalue weighted by Gasteiger charge is -2.38. The van der Waals surface area contributed by atoms with E-state index in [-0.39, 0.29) is 0 Å². The molecule has 1 aromatic carbocycles. The van der Waals surface area contributed by atoms with Gasteiger partial charge in [-0.15, -0.1) is 0 Å². The molecule has 0 spiro atoms. The first-order chi connectivity index (χ1) is 9.13. The number of nitrogens with two attached hydrogens (primary N) is 1. The van der Waals surface area contributed by atoms with Crippen LogP contribution in [-0.4, -0.2) is 31.1 Å². The molecule has 2 rings (SSSR count). The number of hydrogen-bond donors (Lipinski definition) is 1. The second kappa shape index (κ2) is 6.60. The number of halogens is 1. The van der Waals surface area contributed by atoms with Gasteiger partial charge < -0.3 is 10.5 Å². The number of ether oxygens (including phenoxy) is 1. The predicted molar refractivity (Wildman–Crippen MR) is 79.7 cm³/mol. The molecule has 2 unspecified atom stereocenters. The smallest absolute Gasteiger partial charge is 0.123 e. The molecule has 1 aromatic rings. The van der Waals surface area contributed by atoms with E-state index in [4.69, 9.17) is 22.1 Å². The summed E-state index contributed by atoms with van der Waals surface area (Å²) in [6, 6.07) is 6.25. The number of likely N-dealkylation sites (tertiary alicyclic amines) is 1. The number of piperidine rings is 1. The largest absolute Gasteiger partial charge is 0.496 e. The normalized spacial score (nSPS) is 24.4. The van der Waals surface area contributed by atoms with E-state index in [1.54, 1.807) is 7.11 Å². The summed E-state index contributed by atoms with van der Waals surface area (Å²) in [6.45, 7) is 4.98. The van der Waals surface area contributed by atoms with Crippen molar-refractivity contribution >= 4 is 11.6 Å². The molecule has 1 aliphatic heterocycles. The molecule has 0 bridgehead atoms. The maximum absolute atomic E-state index is 6.09. The first kappa shape index (κ1) is 14.6. The lowest BCUT2D eigenvalue weighted by molar-refractivity contribution is 0.114. The molecule has 19 heavy (non-hydrogen) atoms. The summed E-state index contributed by atoms with van der Waals surface area (Å²) in [7, 11) is 1.70. The van der Waals surface area contributed by atoms with Gasteiger partial charge >= 0.3 is 0 Å². The molecule has 0 radical (unpaired) electrons. The number of methoxy groups -OCH3 is 1. The molecule has 106 valence electrons. The van der Waals surface area contributed by atoms with Crippen LogP contribution in [0.2, 0.25) is 5.02 Å². The van der Waals surface area contributed by atoms with E-state index < -0.39 is 0 Å². The molecule has 4 heteroatoms. The van der Waals surface area contributed by atoms with Crippen molar-refractivity contribution in [3.8, 4) is 5.75 Å². The SMILES string of the molecule is COc1ccc(Cl)cc1CN1CCC(C)CC1CN. The Morgan fingerprint density at radius 2 is 2.26 bits per heavy atom. The molecule has 1 saturated heterocycles. The van der Waals surface area contributed by atoms with Crippen LogP contribution in [-0.2, 0) is 6.54 Å². The van der Waals surface area contributed by atoms with Crippen LogP contribution in [0.1, 0.15) is 25.3 Å². The Bertz CT molecular complexity index is 425. The Morgan fingerprint density at radius 1 is 1.47 bits per heavy atom.